The molecule has 2 aromatic carbocycles. The fraction of sp³-hybridized carbons (Fsp3) is 0.300. The number of amides is 1. The van der Waals surface area contributed by atoms with Gasteiger partial charge in [-0.1, -0.05) is 24.3 Å². The second-order valence-corrected chi connectivity index (χ2v) is 8.56. The molecule has 6 nitrogen and oxygen atoms in total. The minimum absolute atomic E-state index is 0.0367. The molecule has 0 saturated carbocycles. The number of likely N-dealkylation sites (tertiary alicyclic amines) is 1. The minimum atomic E-state index is -3.64. The van der Waals surface area contributed by atoms with E-state index >= 15 is 0 Å². The van der Waals surface area contributed by atoms with Crippen LogP contribution in [0.2, 0.25) is 0 Å². The molecule has 2 aromatic rings. The van der Waals surface area contributed by atoms with E-state index in [0.717, 1.165) is 5.56 Å². The van der Waals surface area contributed by atoms with Gasteiger partial charge in [-0.15, -0.1) is 4.40 Å². The summed E-state index contributed by atoms with van der Waals surface area (Å²) in [5.74, 6) is -0.00227. The van der Waals surface area contributed by atoms with Gasteiger partial charge in [0.05, 0.1) is 0 Å². The van der Waals surface area contributed by atoms with Crippen LogP contribution in [0.5, 0.6) is 0 Å². The maximum atomic E-state index is 12.9. The molecule has 2 heterocycles. The lowest BCUT2D eigenvalue weighted by Gasteiger charge is -2.32. The van der Waals surface area contributed by atoms with Crippen molar-refractivity contribution >= 4 is 21.8 Å². The summed E-state index contributed by atoms with van der Waals surface area (Å²) in [6.45, 7) is 1.49. The Balaban J connectivity index is 1.36. The number of sulfonamides is 1. The van der Waals surface area contributed by atoms with Crippen molar-refractivity contribution < 1.29 is 17.6 Å². The summed E-state index contributed by atoms with van der Waals surface area (Å²) in [4.78, 5) is 14.6. The summed E-state index contributed by atoms with van der Waals surface area (Å²) in [5.41, 5.74) is 1.47. The highest BCUT2D eigenvalue weighted by Crippen LogP contribution is 2.29. The predicted octanol–water partition coefficient (Wildman–Crippen LogP) is 2.30. The molecular formula is C20H20FN3O3S. The first kappa shape index (κ1) is 18.6. The van der Waals surface area contributed by atoms with Crippen LogP contribution in [0.1, 0.15) is 24.0 Å². The van der Waals surface area contributed by atoms with E-state index in [-0.39, 0.29) is 22.5 Å². The molecule has 0 unspecified atom stereocenters. The number of nitrogens with one attached hydrogen (secondary N) is 1. The Labute approximate surface area is 163 Å². The normalized spacial score (nSPS) is 18.5. The molecule has 8 heteroatoms. The van der Waals surface area contributed by atoms with Gasteiger partial charge < -0.3 is 10.2 Å². The summed E-state index contributed by atoms with van der Waals surface area (Å²) >= 11 is 0. The third-order valence-electron chi connectivity index (χ3n) is 5.16. The summed E-state index contributed by atoms with van der Waals surface area (Å²) in [7, 11) is -3.64. The summed E-state index contributed by atoms with van der Waals surface area (Å²) in [6, 6.07) is 12.8. The Hall–Kier alpha value is -2.74. The van der Waals surface area contributed by atoms with Crippen molar-refractivity contribution in [3.63, 3.8) is 0 Å². The van der Waals surface area contributed by atoms with Crippen LogP contribution in [-0.2, 0) is 21.4 Å². The van der Waals surface area contributed by atoms with E-state index < -0.39 is 10.0 Å². The van der Waals surface area contributed by atoms with E-state index in [1.807, 2.05) is 4.90 Å². The van der Waals surface area contributed by atoms with Gasteiger partial charge in [0.25, 0.3) is 10.0 Å². The molecule has 4 rings (SSSR count). The lowest BCUT2D eigenvalue weighted by atomic mass is 9.95. The minimum Gasteiger partial charge on any atom is -0.355 e. The molecule has 1 fully saturated rings. The fourth-order valence-corrected chi connectivity index (χ4v) is 4.83. The first-order chi connectivity index (χ1) is 13.4. The number of carbonyl (C=O) groups excluding carboxylic acids is 1. The van der Waals surface area contributed by atoms with Crippen molar-refractivity contribution in [2.75, 3.05) is 13.1 Å². The van der Waals surface area contributed by atoms with Crippen LogP contribution >= 0.6 is 0 Å². The van der Waals surface area contributed by atoms with Gasteiger partial charge in [0.15, 0.2) is 5.84 Å². The molecular weight excluding hydrogens is 381 g/mol. The van der Waals surface area contributed by atoms with Crippen molar-refractivity contribution in [3.05, 3.63) is 65.5 Å². The topological polar surface area (TPSA) is 78.8 Å². The van der Waals surface area contributed by atoms with Crippen LogP contribution in [0, 0.1) is 11.7 Å². The van der Waals surface area contributed by atoms with Crippen LogP contribution in [-0.4, -0.2) is 38.2 Å². The number of halogens is 1. The highest BCUT2D eigenvalue weighted by molar-refractivity contribution is 7.90. The number of rotatable bonds is 3. The van der Waals surface area contributed by atoms with Gasteiger partial charge in [-0.25, -0.2) is 4.39 Å². The number of benzene rings is 2. The van der Waals surface area contributed by atoms with Crippen molar-refractivity contribution in [2.45, 2.75) is 24.3 Å². The third kappa shape index (κ3) is 3.64. The molecule has 1 N–H and O–H groups in total. The third-order valence-corrected chi connectivity index (χ3v) is 6.48. The number of piperidine rings is 1. The number of fused-ring (bicyclic) bond motifs is 1. The maximum Gasteiger partial charge on any atom is 0.285 e. The molecule has 2 aliphatic rings. The largest absolute Gasteiger partial charge is 0.355 e. The van der Waals surface area contributed by atoms with E-state index in [4.69, 9.17) is 0 Å². The lowest BCUT2D eigenvalue weighted by Crippen LogP contribution is -2.42. The van der Waals surface area contributed by atoms with E-state index in [9.17, 15) is 17.6 Å². The van der Waals surface area contributed by atoms with Gasteiger partial charge in [-0.3, -0.25) is 4.79 Å². The molecule has 28 heavy (non-hydrogen) atoms. The molecule has 0 aliphatic carbocycles. The Morgan fingerprint density at radius 2 is 1.79 bits per heavy atom. The highest BCUT2D eigenvalue weighted by atomic mass is 32.2. The van der Waals surface area contributed by atoms with E-state index in [0.29, 0.717) is 43.9 Å². The first-order valence-electron chi connectivity index (χ1n) is 9.15. The van der Waals surface area contributed by atoms with Gasteiger partial charge >= 0.3 is 0 Å². The smallest absolute Gasteiger partial charge is 0.285 e. The lowest BCUT2D eigenvalue weighted by molar-refractivity contribution is -0.126. The Bertz CT molecular complexity index is 1030. The average molecular weight is 401 g/mol. The van der Waals surface area contributed by atoms with E-state index in [2.05, 4.69) is 9.71 Å². The zero-order chi connectivity index (χ0) is 19.7. The maximum absolute atomic E-state index is 12.9. The molecule has 1 saturated heterocycles. The number of hydrogen-bond donors (Lipinski definition) is 1. The number of amidine groups is 1. The van der Waals surface area contributed by atoms with Crippen LogP contribution in [0.4, 0.5) is 4.39 Å². The SMILES string of the molecule is O=C(NCc1ccc(F)cc1)C1CCN(C2=NS(=O)(=O)c3ccccc32)CC1. The highest BCUT2D eigenvalue weighted by Gasteiger charge is 2.34. The Morgan fingerprint density at radius 1 is 1.11 bits per heavy atom. The quantitative estimate of drug-likeness (QED) is 0.856. The number of hydrogen-bond acceptors (Lipinski definition) is 4. The molecule has 0 atom stereocenters. The van der Waals surface area contributed by atoms with Crippen LogP contribution in [0.3, 0.4) is 0 Å². The zero-order valence-electron chi connectivity index (χ0n) is 15.1. The van der Waals surface area contributed by atoms with Crippen molar-refractivity contribution in [2.24, 2.45) is 10.3 Å². The van der Waals surface area contributed by atoms with E-state index in [1.54, 1.807) is 36.4 Å². The summed E-state index contributed by atoms with van der Waals surface area (Å²) in [5, 5.41) is 2.90. The van der Waals surface area contributed by atoms with Crippen LogP contribution < -0.4 is 5.32 Å². The van der Waals surface area contributed by atoms with Crippen molar-refractivity contribution in [3.8, 4) is 0 Å². The molecule has 0 aromatic heterocycles. The average Bonchev–Trinajstić information content (AvgIpc) is 2.99. The van der Waals surface area contributed by atoms with Crippen LogP contribution in [0.25, 0.3) is 0 Å². The zero-order valence-corrected chi connectivity index (χ0v) is 16.0. The van der Waals surface area contributed by atoms with Crippen molar-refractivity contribution in [1.82, 2.24) is 10.2 Å². The van der Waals surface area contributed by atoms with E-state index in [1.165, 1.54) is 12.1 Å². The monoisotopic (exact) mass is 401 g/mol. The van der Waals surface area contributed by atoms with Gasteiger partial charge in [0, 0.05) is 31.1 Å². The van der Waals surface area contributed by atoms with Gasteiger partial charge in [0.1, 0.15) is 10.7 Å². The summed E-state index contributed by atoms with van der Waals surface area (Å²) in [6.07, 6.45) is 1.24. The molecule has 0 radical (unpaired) electrons. The molecule has 1 amide bonds. The molecule has 2 aliphatic heterocycles. The standard InChI is InChI=1S/C20H20FN3O3S/c21-16-7-5-14(6-8-16)13-22-20(25)15-9-11-24(12-10-15)19-17-3-1-2-4-18(17)28(26,27)23-19/h1-8,15H,9-13H2,(H,22,25). The fourth-order valence-electron chi connectivity index (χ4n) is 3.61. The van der Waals surface area contributed by atoms with Crippen molar-refractivity contribution in [1.29, 1.82) is 0 Å². The second-order valence-electron chi connectivity index (χ2n) is 6.99. The molecule has 146 valence electrons. The van der Waals surface area contributed by atoms with Gasteiger partial charge in [0.2, 0.25) is 5.91 Å². The predicted molar refractivity (Wildman–Crippen MR) is 103 cm³/mol. The number of carbonyl (C=O) groups is 1. The molecule has 0 spiro atoms. The Kier molecular flexibility index (Phi) is 4.89. The van der Waals surface area contributed by atoms with Crippen LogP contribution in [0.15, 0.2) is 57.8 Å². The first-order valence-corrected chi connectivity index (χ1v) is 10.6. The number of nitrogens with zero attached hydrogens (tertiary/aromatic N) is 2. The summed E-state index contributed by atoms with van der Waals surface area (Å²) < 4.78 is 41.3. The molecule has 0 bridgehead atoms. The van der Waals surface area contributed by atoms with Gasteiger partial charge in [-0.2, -0.15) is 8.42 Å². The second kappa shape index (κ2) is 7.35. The van der Waals surface area contributed by atoms with Gasteiger partial charge in [-0.05, 0) is 42.7 Å². The Morgan fingerprint density at radius 3 is 2.50 bits per heavy atom.